The number of rotatable bonds is 6. The van der Waals surface area contributed by atoms with Gasteiger partial charge in [-0.05, 0) is 30.5 Å². The standard InChI is InChI=1S/C16H21N3OS/c1-19(10-11-3-7-13(20-2)8-4-11)16-18-15(12-5-6-12)14(9-17)21-16/h3-4,7-8,12H,5-6,9-10,17H2,1-2H3. The van der Waals surface area contributed by atoms with Crippen LogP contribution in [0.5, 0.6) is 5.75 Å². The van der Waals surface area contributed by atoms with Crippen molar-refractivity contribution in [1.82, 2.24) is 4.98 Å². The van der Waals surface area contributed by atoms with Gasteiger partial charge in [-0.15, -0.1) is 11.3 Å². The molecule has 0 bridgehead atoms. The lowest BCUT2D eigenvalue weighted by molar-refractivity contribution is 0.414. The molecule has 0 aliphatic heterocycles. The van der Waals surface area contributed by atoms with E-state index in [4.69, 9.17) is 15.5 Å². The molecule has 2 N–H and O–H groups in total. The average Bonchev–Trinajstić information content (AvgIpc) is 3.26. The Morgan fingerprint density at radius 3 is 2.62 bits per heavy atom. The van der Waals surface area contributed by atoms with Gasteiger partial charge in [0.2, 0.25) is 0 Å². The topological polar surface area (TPSA) is 51.4 Å². The molecule has 1 fully saturated rings. The Kier molecular flexibility index (Phi) is 4.12. The predicted octanol–water partition coefficient (Wildman–Crippen LogP) is 3.12. The van der Waals surface area contributed by atoms with Gasteiger partial charge >= 0.3 is 0 Å². The summed E-state index contributed by atoms with van der Waals surface area (Å²) in [4.78, 5) is 8.25. The van der Waals surface area contributed by atoms with Crippen LogP contribution in [0.2, 0.25) is 0 Å². The zero-order valence-electron chi connectivity index (χ0n) is 12.5. The third-order valence-electron chi connectivity index (χ3n) is 3.77. The Labute approximate surface area is 129 Å². The highest BCUT2D eigenvalue weighted by molar-refractivity contribution is 7.15. The summed E-state index contributed by atoms with van der Waals surface area (Å²) < 4.78 is 5.19. The molecule has 4 nitrogen and oxygen atoms in total. The number of hydrogen-bond acceptors (Lipinski definition) is 5. The molecule has 0 unspecified atom stereocenters. The van der Waals surface area contributed by atoms with Crippen LogP contribution in [-0.2, 0) is 13.1 Å². The smallest absolute Gasteiger partial charge is 0.185 e. The maximum absolute atomic E-state index is 5.85. The molecule has 0 amide bonds. The van der Waals surface area contributed by atoms with Gasteiger partial charge in [0.25, 0.3) is 0 Å². The number of nitrogens with two attached hydrogens (primary N) is 1. The fourth-order valence-electron chi connectivity index (χ4n) is 2.41. The molecule has 21 heavy (non-hydrogen) atoms. The lowest BCUT2D eigenvalue weighted by Gasteiger charge is -2.16. The molecule has 2 aromatic rings. The van der Waals surface area contributed by atoms with Gasteiger partial charge in [-0.1, -0.05) is 12.1 Å². The second-order valence-corrected chi connectivity index (χ2v) is 6.55. The molecule has 1 heterocycles. The number of aromatic nitrogens is 1. The van der Waals surface area contributed by atoms with Crippen molar-refractivity contribution in [3.8, 4) is 5.75 Å². The molecule has 3 rings (SSSR count). The van der Waals surface area contributed by atoms with Crippen molar-refractivity contribution in [3.05, 3.63) is 40.4 Å². The number of methoxy groups -OCH3 is 1. The molecule has 5 heteroatoms. The van der Waals surface area contributed by atoms with E-state index in [0.717, 1.165) is 17.4 Å². The van der Waals surface area contributed by atoms with Crippen LogP contribution >= 0.6 is 11.3 Å². The van der Waals surface area contributed by atoms with E-state index in [-0.39, 0.29) is 0 Å². The quantitative estimate of drug-likeness (QED) is 0.891. The monoisotopic (exact) mass is 303 g/mol. The molecule has 0 saturated heterocycles. The number of benzene rings is 1. The van der Waals surface area contributed by atoms with E-state index in [1.807, 2.05) is 12.1 Å². The van der Waals surface area contributed by atoms with Crippen molar-refractivity contribution in [2.24, 2.45) is 5.73 Å². The van der Waals surface area contributed by atoms with Crippen LogP contribution in [0.4, 0.5) is 5.13 Å². The fourth-order valence-corrected chi connectivity index (χ4v) is 3.39. The Hall–Kier alpha value is -1.59. The number of hydrogen-bond donors (Lipinski definition) is 1. The molecule has 1 saturated carbocycles. The van der Waals surface area contributed by atoms with Crippen LogP contribution in [0, 0.1) is 0 Å². The van der Waals surface area contributed by atoms with Crippen molar-refractivity contribution < 1.29 is 4.74 Å². The number of ether oxygens (including phenoxy) is 1. The normalized spacial score (nSPS) is 14.2. The summed E-state index contributed by atoms with van der Waals surface area (Å²) in [5.41, 5.74) is 8.33. The zero-order valence-corrected chi connectivity index (χ0v) is 13.3. The molecule has 1 aromatic heterocycles. The third kappa shape index (κ3) is 3.19. The number of anilines is 1. The minimum Gasteiger partial charge on any atom is -0.497 e. The van der Waals surface area contributed by atoms with E-state index < -0.39 is 0 Å². The average molecular weight is 303 g/mol. The molecule has 112 valence electrons. The summed E-state index contributed by atoms with van der Waals surface area (Å²) in [6.07, 6.45) is 2.52. The van der Waals surface area contributed by atoms with E-state index in [9.17, 15) is 0 Å². The largest absolute Gasteiger partial charge is 0.497 e. The second-order valence-electron chi connectivity index (χ2n) is 5.49. The van der Waals surface area contributed by atoms with Gasteiger partial charge < -0.3 is 15.4 Å². The summed E-state index contributed by atoms with van der Waals surface area (Å²) in [7, 11) is 3.77. The Balaban J connectivity index is 1.73. The maximum atomic E-state index is 5.85. The van der Waals surface area contributed by atoms with Crippen molar-refractivity contribution in [2.45, 2.75) is 31.8 Å². The van der Waals surface area contributed by atoms with Gasteiger partial charge in [0.1, 0.15) is 5.75 Å². The van der Waals surface area contributed by atoms with E-state index in [0.29, 0.717) is 12.5 Å². The first-order valence-electron chi connectivity index (χ1n) is 7.25. The third-order valence-corrected chi connectivity index (χ3v) is 4.98. The Bertz CT molecular complexity index is 604. The first kappa shape index (κ1) is 14.4. The second kappa shape index (κ2) is 6.03. The van der Waals surface area contributed by atoms with Gasteiger partial charge in [-0.25, -0.2) is 4.98 Å². The zero-order chi connectivity index (χ0) is 14.8. The summed E-state index contributed by atoms with van der Waals surface area (Å²) in [6, 6.07) is 8.17. The van der Waals surface area contributed by atoms with Gasteiger partial charge in [0, 0.05) is 30.9 Å². The van der Waals surface area contributed by atoms with Crippen molar-refractivity contribution >= 4 is 16.5 Å². The van der Waals surface area contributed by atoms with E-state index in [2.05, 4.69) is 24.1 Å². The van der Waals surface area contributed by atoms with Crippen molar-refractivity contribution in [1.29, 1.82) is 0 Å². The molecule has 1 aromatic carbocycles. The van der Waals surface area contributed by atoms with Crippen LogP contribution in [0.3, 0.4) is 0 Å². The van der Waals surface area contributed by atoms with Crippen LogP contribution in [0.15, 0.2) is 24.3 Å². The van der Waals surface area contributed by atoms with Crippen molar-refractivity contribution in [3.63, 3.8) is 0 Å². The van der Waals surface area contributed by atoms with Crippen LogP contribution in [-0.4, -0.2) is 19.1 Å². The summed E-state index contributed by atoms with van der Waals surface area (Å²) >= 11 is 1.73. The van der Waals surface area contributed by atoms with Crippen LogP contribution in [0.1, 0.15) is 34.9 Å². The molecular formula is C16H21N3OS. The van der Waals surface area contributed by atoms with Crippen LogP contribution < -0.4 is 15.4 Å². The number of thiazole rings is 1. The summed E-state index contributed by atoms with van der Waals surface area (Å²) in [5.74, 6) is 1.54. The molecular weight excluding hydrogens is 282 g/mol. The summed E-state index contributed by atoms with van der Waals surface area (Å²) in [6.45, 7) is 1.44. The maximum Gasteiger partial charge on any atom is 0.185 e. The fraction of sp³-hybridized carbons (Fsp3) is 0.438. The highest BCUT2D eigenvalue weighted by Crippen LogP contribution is 2.44. The van der Waals surface area contributed by atoms with Crippen molar-refractivity contribution in [2.75, 3.05) is 19.1 Å². The Morgan fingerprint density at radius 2 is 2.05 bits per heavy atom. The minimum absolute atomic E-state index is 0.597. The molecule has 1 aliphatic carbocycles. The van der Waals surface area contributed by atoms with Gasteiger partial charge in [-0.3, -0.25) is 0 Å². The molecule has 0 radical (unpaired) electrons. The Morgan fingerprint density at radius 1 is 1.33 bits per heavy atom. The lowest BCUT2D eigenvalue weighted by atomic mass is 10.2. The van der Waals surface area contributed by atoms with E-state index in [1.165, 1.54) is 29.0 Å². The summed E-state index contributed by atoms with van der Waals surface area (Å²) in [5, 5.41) is 1.06. The molecule has 0 spiro atoms. The number of nitrogens with zero attached hydrogens (tertiary/aromatic N) is 2. The van der Waals surface area contributed by atoms with Gasteiger partial charge in [-0.2, -0.15) is 0 Å². The van der Waals surface area contributed by atoms with Gasteiger partial charge in [0.05, 0.1) is 12.8 Å². The minimum atomic E-state index is 0.597. The highest BCUT2D eigenvalue weighted by atomic mass is 32.1. The predicted molar refractivity (Wildman–Crippen MR) is 87.1 cm³/mol. The van der Waals surface area contributed by atoms with E-state index in [1.54, 1.807) is 18.4 Å². The van der Waals surface area contributed by atoms with E-state index >= 15 is 0 Å². The molecule has 0 atom stereocenters. The first-order chi connectivity index (χ1) is 10.2. The SMILES string of the molecule is COc1ccc(CN(C)c2nc(C3CC3)c(CN)s2)cc1. The highest BCUT2D eigenvalue weighted by Gasteiger charge is 2.29. The first-order valence-corrected chi connectivity index (χ1v) is 8.06. The lowest BCUT2D eigenvalue weighted by Crippen LogP contribution is -2.16. The van der Waals surface area contributed by atoms with Crippen LogP contribution in [0.25, 0.3) is 0 Å². The van der Waals surface area contributed by atoms with Gasteiger partial charge in [0.15, 0.2) is 5.13 Å². The molecule has 1 aliphatic rings.